The molecule has 14 heavy (non-hydrogen) atoms. The van der Waals surface area contributed by atoms with Gasteiger partial charge < -0.3 is 10.0 Å². The molecule has 0 aromatic rings. The smallest absolute Gasteiger partial charge is 0.222 e. The summed E-state index contributed by atoms with van der Waals surface area (Å²) in [5.74, 6) is 0.889. The molecule has 1 heterocycles. The molecule has 2 fully saturated rings. The Kier molecular flexibility index (Phi) is 2.77. The molecular formula is C11H19NO2. The van der Waals surface area contributed by atoms with Crippen molar-refractivity contribution < 1.29 is 9.90 Å². The molecule has 1 saturated heterocycles. The molecule has 80 valence electrons. The highest BCUT2D eigenvalue weighted by molar-refractivity contribution is 5.78. The fraction of sp³-hybridized carbons (Fsp3) is 0.909. The van der Waals surface area contributed by atoms with Gasteiger partial charge in [-0.2, -0.15) is 0 Å². The molecule has 0 spiro atoms. The fourth-order valence-electron chi connectivity index (χ4n) is 2.69. The van der Waals surface area contributed by atoms with Crippen LogP contribution in [0.25, 0.3) is 0 Å². The van der Waals surface area contributed by atoms with Gasteiger partial charge in [-0.1, -0.05) is 6.92 Å². The Bertz CT molecular complexity index is 229. The molecule has 1 amide bonds. The third kappa shape index (κ3) is 1.78. The first-order valence-electron chi connectivity index (χ1n) is 5.66. The molecule has 3 atom stereocenters. The lowest BCUT2D eigenvalue weighted by atomic mass is 9.84. The molecule has 1 aliphatic heterocycles. The van der Waals surface area contributed by atoms with Gasteiger partial charge in [0.1, 0.15) is 0 Å². The van der Waals surface area contributed by atoms with Gasteiger partial charge in [-0.25, -0.2) is 0 Å². The molecule has 1 aliphatic carbocycles. The summed E-state index contributed by atoms with van der Waals surface area (Å²) in [6, 6.07) is 0.105. The molecule has 0 bridgehead atoms. The molecule has 0 radical (unpaired) electrons. The van der Waals surface area contributed by atoms with E-state index in [4.69, 9.17) is 0 Å². The van der Waals surface area contributed by atoms with Gasteiger partial charge in [-0.15, -0.1) is 0 Å². The summed E-state index contributed by atoms with van der Waals surface area (Å²) < 4.78 is 0. The molecular weight excluding hydrogens is 178 g/mol. The third-order valence-electron chi connectivity index (χ3n) is 3.55. The number of hydrogen-bond donors (Lipinski definition) is 1. The monoisotopic (exact) mass is 197 g/mol. The first-order valence-corrected chi connectivity index (χ1v) is 5.66. The summed E-state index contributed by atoms with van der Waals surface area (Å²) in [5, 5.41) is 9.87. The first-order chi connectivity index (χ1) is 6.68. The van der Waals surface area contributed by atoms with Crippen LogP contribution in [0, 0.1) is 5.92 Å². The second-order valence-electron chi connectivity index (χ2n) is 4.74. The Morgan fingerprint density at radius 3 is 2.86 bits per heavy atom. The lowest BCUT2D eigenvalue weighted by Gasteiger charge is -2.37. The standard InChI is InChI=1S/C11H19NO2/c1-8-4-5-10(13)9(7-8)12-6-2-3-11(12)14/h8-10,13H,2-7H2,1H3. The number of amides is 1. The molecule has 0 aromatic carbocycles. The average molecular weight is 197 g/mol. The molecule has 3 unspecified atom stereocenters. The van der Waals surface area contributed by atoms with E-state index in [1.54, 1.807) is 0 Å². The lowest BCUT2D eigenvalue weighted by Crippen LogP contribution is -2.47. The van der Waals surface area contributed by atoms with Gasteiger partial charge in [0, 0.05) is 13.0 Å². The lowest BCUT2D eigenvalue weighted by molar-refractivity contribution is -0.133. The summed E-state index contributed by atoms with van der Waals surface area (Å²) in [5.41, 5.74) is 0. The third-order valence-corrected chi connectivity index (χ3v) is 3.55. The van der Waals surface area contributed by atoms with Crippen LogP contribution in [0.4, 0.5) is 0 Å². The minimum atomic E-state index is -0.284. The Morgan fingerprint density at radius 2 is 2.21 bits per heavy atom. The van der Waals surface area contributed by atoms with Gasteiger partial charge in [-0.3, -0.25) is 4.79 Å². The van der Waals surface area contributed by atoms with Gasteiger partial charge in [0.15, 0.2) is 0 Å². The fourth-order valence-corrected chi connectivity index (χ4v) is 2.69. The molecule has 0 aromatic heterocycles. The second-order valence-corrected chi connectivity index (χ2v) is 4.74. The Hall–Kier alpha value is -0.570. The number of aliphatic hydroxyl groups excluding tert-OH is 1. The molecule has 2 rings (SSSR count). The Balaban J connectivity index is 2.03. The topological polar surface area (TPSA) is 40.5 Å². The zero-order valence-corrected chi connectivity index (χ0v) is 8.78. The number of carbonyl (C=O) groups is 1. The van der Waals surface area contributed by atoms with E-state index in [2.05, 4.69) is 6.92 Å². The largest absolute Gasteiger partial charge is 0.391 e. The summed E-state index contributed by atoms with van der Waals surface area (Å²) in [7, 11) is 0. The van der Waals surface area contributed by atoms with Crippen molar-refractivity contribution in [3.8, 4) is 0 Å². The SMILES string of the molecule is CC1CCC(O)C(N2CCCC2=O)C1. The van der Waals surface area contributed by atoms with E-state index in [9.17, 15) is 9.90 Å². The van der Waals surface area contributed by atoms with Crippen molar-refractivity contribution in [3.63, 3.8) is 0 Å². The van der Waals surface area contributed by atoms with E-state index in [0.717, 1.165) is 32.2 Å². The summed E-state index contributed by atoms with van der Waals surface area (Å²) in [6.07, 6.45) is 4.30. The maximum Gasteiger partial charge on any atom is 0.222 e. The first kappa shape index (κ1) is 9.97. The van der Waals surface area contributed by atoms with Gasteiger partial charge in [0.05, 0.1) is 12.1 Å². The van der Waals surface area contributed by atoms with Crippen LogP contribution in [-0.4, -0.2) is 34.6 Å². The highest BCUT2D eigenvalue weighted by Crippen LogP contribution is 2.30. The van der Waals surface area contributed by atoms with E-state index in [-0.39, 0.29) is 18.1 Å². The van der Waals surface area contributed by atoms with Crippen LogP contribution in [0.15, 0.2) is 0 Å². The zero-order valence-electron chi connectivity index (χ0n) is 8.78. The van der Waals surface area contributed by atoms with Gasteiger partial charge in [-0.05, 0) is 31.6 Å². The second kappa shape index (κ2) is 3.89. The summed E-state index contributed by atoms with van der Waals surface area (Å²) in [6.45, 7) is 3.06. The van der Waals surface area contributed by atoms with Crippen LogP contribution in [0.2, 0.25) is 0 Å². The van der Waals surface area contributed by atoms with Gasteiger partial charge in [0.25, 0.3) is 0 Å². The van der Waals surface area contributed by atoms with Crippen LogP contribution in [-0.2, 0) is 4.79 Å². The van der Waals surface area contributed by atoms with E-state index >= 15 is 0 Å². The molecule has 3 heteroatoms. The van der Waals surface area contributed by atoms with Gasteiger partial charge >= 0.3 is 0 Å². The Morgan fingerprint density at radius 1 is 1.43 bits per heavy atom. The van der Waals surface area contributed by atoms with Crippen molar-refractivity contribution in [2.75, 3.05) is 6.54 Å². The minimum Gasteiger partial charge on any atom is -0.391 e. The van der Waals surface area contributed by atoms with E-state index in [1.807, 2.05) is 4.90 Å². The van der Waals surface area contributed by atoms with Crippen LogP contribution in [0.5, 0.6) is 0 Å². The van der Waals surface area contributed by atoms with Crippen molar-refractivity contribution in [2.24, 2.45) is 5.92 Å². The molecule has 1 N–H and O–H groups in total. The van der Waals surface area contributed by atoms with Crippen molar-refractivity contribution in [1.82, 2.24) is 4.90 Å². The number of rotatable bonds is 1. The highest BCUT2D eigenvalue weighted by atomic mass is 16.3. The quantitative estimate of drug-likeness (QED) is 0.685. The number of likely N-dealkylation sites (tertiary alicyclic amines) is 1. The number of carbonyl (C=O) groups excluding carboxylic acids is 1. The van der Waals surface area contributed by atoms with E-state index in [1.165, 1.54) is 0 Å². The van der Waals surface area contributed by atoms with Crippen molar-refractivity contribution in [1.29, 1.82) is 0 Å². The molecule has 3 nitrogen and oxygen atoms in total. The minimum absolute atomic E-state index is 0.105. The van der Waals surface area contributed by atoms with Crippen LogP contribution < -0.4 is 0 Å². The predicted molar refractivity (Wildman–Crippen MR) is 53.8 cm³/mol. The number of nitrogens with zero attached hydrogens (tertiary/aromatic N) is 1. The highest BCUT2D eigenvalue weighted by Gasteiger charge is 2.35. The summed E-state index contributed by atoms with van der Waals surface area (Å²) in [4.78, 5) is 13.4. The van der Waals surface area contributed by atoms with Crippen LogP contribution in [0.1, 0.15) is 39.0 Å². The zero-order chi connectivity index (χ0) is 10.1. The van der Waals surface area contributed by atoms with Crippen molar-refractivity contribution >= 4 is 5.91 Å². The summed E-state index contributed by atoms with van der Waals surface area (Å²) >= 11 is 0. The maximum atomic E-state index is 11.5. The van der Waals surface area contributed by atoms with E-state index < -0.39 is 0 Å². The number of hydrogen-bond acceptors (Lipinski definition) is 2. The van der Waals surface area contributed by atoms with Crippen LogP contribution in [0.3, 0.4) is 0 Å². The van der Waals surface area contributed by atoms with Crippen LogP contribution >= 0.6 is 0 Å². The molecule has 1 saturated carbocycles. The van der Waals surface area contributed by atoms with Gasteiger partial charge in [0.2, 0.25) is 5.91 Å². The van der Waals surface area contributed by atoms with Crippen molar-refractivity contribution in [2.45, 2.75) is 51.2 Å². The van der Waals surface area contributed by atoms with Crippen molar-refractivity contribution in [3.05, 3.63) is 0 Å². The Labute approximate surface area is 85.1 Å². The predicted octanol–water partition coefficient (Wildman–Crippen LogP) is 1.16. The normalized spacial score (nSPS) is 39.1. The average Bonchev–Trinajstić information content (AvgIpc) is 2.56. The number of aliphatic hydroxyl groups is 1. The van der Waals surface area contributed by atoms with E-state index in [0.29, 0.717) is 12.3 Å². The maximum absolute atomic E-state index is 11.5. The molecule has 2 aliphatic rings.